The molecule has 1 aromatic heterocycles. The molecule has 2 unspecified atom stereocenters. The molecule has 0 bridgehead atoms. The van der Waals surface area contributed by atoms with Crippen LogP contribution in [0.15, 0.2) is 72.9 Å². The highest BCUT2D eigenvalue weighted by atomic mass is 16.2. The number of pyridine rings is 1. The number of amides is 1. The number of aromatic nitrogens is 1. The van der Waals surface area contributed by atoms with Crippen molar-refractivity contribution in [1.82, 2.24) is 4.98 Å². The first kappa shape index (κ1) is 17.0. The molecule has 140 valence electrons. The van der Waals surface area contributed by atoms with Crippen molar-refractivity contribution in [2.75, 3.05) is 23.3 Å². The van der Waals surface area contributed by atoms with Gasteiger partial charge in [-0.05, 0) is 54.0 Å². The van der Waals surface area contributed by atoms with Gasteiger partial charge in [-0.1, -0.05) is 48.5 Å². The molecule has 5 rings (SSSR count). The molecule has 28 heavy (non-hydrogen) atoms. The molecule has 1 N–H and O–H groups in total. The molecule has 0 spiro atoms. The molecule has 1 aliphatic heterocycles. The van der Waals surface area contributed by atoms with E-state index >= 15 is 0 Å². The van der Waals surface area contributed by atoms with Crippen LogP contribution in [0.2, 0.25) is 0 Å². The van der Waals surface area contributed by atoms with Crippen LogP contribution in [-0.4, -0.2) is 24.0 Å². The van der Waals surface area contributed by atoms with E-state index in [4.69, 9.17) is 0 Å². The monoisotopic (exact) mass is 369 g/mol. The van der Waals surface area contributed by atoms with Gasteiger partial charge in [-0.3, -0.25) is 4.79 Å². The van der Waals surface area contributed by atoms with Gasteiger partial charge in [0.25, 0.3) is 5.91 Å². The first-order chi connectivity index (χ1) is 13.8. The highest BCUT2D eigenvalue weighted by Gasteiger charge is 2.38. The van der Waals surface area contributed by atoms with E-state index in [9.17, 15) is 4.79 Å². The maximum absolute atomic E-state index is 13.2. The second kappa shape index (κ2) is 7.12. The van der Waals surface area contributed by atoms with Crippen LogP contribution in [-0.2, 0) is 6.42 Å². The van der Waals surface area contributed by atoms with Crippen molar-refractivity contribution in [3.63, 3.8) is 0 Å². The van der Waals surface area contributed by atoms with Crippen LogP contribution < -0.4 is 10.2 Å². The fraction of sp³-hybridized carbons (Fsp3) is 0.250. The largest absolute Gasteiger partial charge is 0.369 e. The Morgan fingerprint density at radius 1 is 1.04 bits per heavy atom. The van der Waals surface area contributed by atoms with Crippen LogP contribution in [0, 0.1) is 5.92 Å². The Bertz CT molecular complexity index is 1000. The number of hydrogen-bond acceptors (Lipinski definition) is 3. The van der Waals surface area contributed by atoms with Crippen LogP contribution in [0.4, 0.5) is 11.5 Å². The van der Waals surface area contributed by atoms with Crippen LogP contribution in [0.1, 0.15) is 33.8 Å². The number of anilines is 2. The maximum atomic E-state index is 13.2. The van der Waals surface area contributed by atoms with Crippen LogP contribution in [0.25, 0.3) is 0 Å². The Balaban J connectivity index is 1.30. The molecular formula is C24H23N3O. The Kier molecular flexibility index (Phi) is 4.32. The summed E-state index contributed by atoms with van der Waals surface area (Å²) >= 11 is 0. The van der Waals surface area contributed by atoms with Gasteiger partial charge in [0.15, 0.2) is 0 Å². The molecule has 3 aromatic rings. The number of nitrogens with one attached hydrogen (secondary N) is 1. The fourth-order valence-electron chi connectivity index (χ4n) is 4.22. The summed E-state index contributed by atoms with van der Waals surface area (Å²) in [6.07, 6.45) is 3.84. The maximum Gasteiger partial charge on any atom is 0.262 e. The van der Waals surface area contributed by atoms with E-state index in [2.05, 4.69) is 46.7 Å². The minimum atomic E-state index is 0.0240. The van der Waals surface area contributed by atoms with Crippen LogP contribution >= 0.6 is 0 Å². The van der Waals surface area contributed by atoms with Gasteiger partial charge in [0.1, 0.15) is 5.82 Å². The zero-order valence-corrected chi connectivity index (χ0v) is 15.7. The zero-order valence-electron chi connectivity index (χ0n) is 15.7. The number of carbonyl (C=O) groups is 1. The Hall–Kier alpha value is -3.14. The van der Waals surface area contributed by atoms with Gasteiger partial charge >= 0.3 is 0 Å². The molecule has 4 nitrogen and oxygen atoms in total. The van der Waals surface area contributed by atoms with Crippen LogP contribution in [0.3, 0.4) is 0 Å². The average molecular weight is 369 g/mol. The van der Waals surface area contributed by atoms with Crippen molar-refractivity contribution in [2.45, 2.75) is 18.8 Å². The number of para-hydroxylation sites is 1. The third-order valence-electron chi connectivity index (χ3n) is 5.85. The van der Waals surface area contributed by atoms with Gasteiger partial charge in [0.2, 0.25) is 0 Å². The van der Waals surface area contributed by atoms with Crippen molar-refractivity contribution in [3.8, 4) is 0 Å². The van der Waals surface area contributed by atoms with E-state index in [-0.39, 0.29) is 5.91 Å². The summed E-state index contributed by atoms with van der Waals surface area (Å²) in [7, 11) is 0. The second-order valence-corrected chi connectivity index (χ2v) is 7.63. The van der Waals surface area contributed by atoms with E-state index in [1.807, 2.05) is 35.2 Å². The van der Waals surface area contributed by atoms with Crippen molar-refractivity contribution in [1.29, 1.82) is 0 Å². The summed E-state index contributed by atoms with van der Waals surface area (Å²) in [6.45, 7) is 1.57. The average Bonchev–Trinajstić information content (AvgIpc) is 3.41. The second-order valence-electron chi connectivity index (χ2n) is 7.63. The lowest BCUT2D eigenvalue weighted by atomic mass is 10.1. The molecule has 0 radical (unpaired) electrons. The normalized spacial score (nSPS) is 19.9. The summed E-state index contributed by atoms with van der Waals surface area (Å²) in [5.41, 5.74) is 4.31. The molecule has 1 aliphatic carbocycles. The minimum Gasteiger partial charge on any atom is -0.369 e. The molecule has 1 amide bonds. The Morgan fingerprint density at radius 3 is 2.75 bits per heavy atom. The van der Waals surface area contributed by atoms with Gasteiger partial charge in [0, 0.05) is 25.0 Å². The van der Waals surface area contributed by atoms with Crippen LogP contribution in [0.5, 0.6) is 0 Å². The standard InChI is InChI=1S/C24H23N3O/c28-24(27-14-12-18-9-4-5-11-22(18)27)20-10-6-13-25-23(20)26-16-19-15-21(19)17-7-2-1-3-8-17/h1-11,13,19,21H,12,14-16H2,(H,25,26). The fourth-order valence-corrected chi connectivity index (χ4v) is 4.22. The van der Waals surface area contributed by atoms with Crippen molar-refractivity contribution in [3.05, 3.63) is 89.6 Å². The van der Waals surface area contributed by atoms with Gasteiger partial charge in [0.05, 0.1) is 5.56 Å². The molecule has 2 aromatic carbocycles. The van der Waals surface area contributed by atoms with E-state index in [0.717, 1.165) is 25.2 Å². The molecule has 2 atom stereocenters. The third-order valence-corrected chi connectivity index (χ3v) is 5.85. The smallest absolute Gasteiger partial charge is 0.262 e. The number of benzene rings is 2. The van der Waals surface area contributed by atoms with E-state index < -0.39 is 0 Å². The quantitative estimate of drug-likeness (QED) is 0.720. The Labute approximate surface area is 165 Å². The molecule has 1 saturated carbocycles. The topological polar surface area (TPSA) is 45.2 Å². The summed E-state index contributed by atoms with van der Waals surface area (Å²) in [5, 5.41) is 3.44. The summed E-state index contributed by atoms with van der Waals surface area (Å²) in [5.74, 6) is 1.92. The minimum absolute atomic E-state index is 0.0240. The Morgan fingerprint density at radius 2 is 1.86 bits per heavy atom. The van der Waals surface area contributed by atoms with Gasteiger partial charge < -0.3 is 10.2 Å². The van der Waals surface area contributed by atoms with Crippen molar-refractivity contribution in [2.24, 2.45) is 5.92 Å². The third kappa shape index (κ3) is 3.15. The van der Waals surface area contributed by atoms with Gasteiger partial charge in [-0.2, -0.15) is 0 Å². The number of rotatable bonds is 5. The number of carbonyl (C=O) groups excluding carboxylic acids is 1. The predicted octanol–water partition coefficient (Wildman–Crippen LogP) is 4.50. The zero-order chi connectivity index (χ0) is 18.9. The van der Waals surface area contributed by atoms with E-state index in [0.29, 0.717) is 23.2 Å². The van der Waals surface area contributed by atoms with Crippen molar-refractivity contribution < 1.29 is 4.79 Å². The molecule has 0 saturated heterocycles. The highest BCUT2D eigenvalue weighted by Crippen LogP contribution is 2.47. The molecular weight excluding hydrogens is 346 g/mol. The predicted molar refractivity (Wildman–Crippen MR) is 112 cm³/mol. The number of hydrogen-bond donors (Lipinski definition) is 1. The number of nitrogens with zero attached hydrogens (tertiary/aromatic N) is 2. The van der Waals surface area contributed by atoms with Gasteiger partial charge in [-0.25, -0.2) is 4.98 Å². The molecule has 2 aliphatic rings. The van der Waals surface area contributed by atoms with Gasteiger partial charge in [-0.15, -0.1) is 0 Å². The molecule has 1 fully saturated rings. The van der Waals surface area contributed by atoms with Crippen molar-refractivity contribution >= 4 is 17.4 Å². The highest BCUT2D eigenvalue weighted by molar-refractivity contribution is 6.10. The summed E-state index contributed by atoms with van der Waals surface area (Å²) in [6, 6.07) is 22.5. The summed E-state index contributed by atoms with van der Waals surface area (Å²) < 4.78 is 0. The van der Waals surface area contributed by atoms with E-state index in [1.165, 1.54) is 17.5 Å². The first-order valence-electron chi connectivity index (χ1n) is 9.95. The molecule has 2 heterocycles. The summed E-state index contributed by atoms with van der Waals surface area (Å²) in [4.78, 5) is 19.6. The first-order valence-corrected chi connectivity index (χ1v) is 9.95. The lowest BCUT2D eigenvalue weighted by molar-refractivity contribution is 0.0990. The lowest BCUT2D eigenvalue weighted by Gasteiger charge is -2.19. The molecule has 4 heteroatoms. The van der Waals surface area contributed by atoms with E-state index in [1.54, 1.807) is 6.20 Å². The number of fused-ring (bicyclic) bond motifs is 1. The lowest BCUT2D eigenvalue weighted by Crippen LogP contribution is -2.30. The SMILES string of the molecule is O=C(c1cccnc1NCC1CC1c1ccccc1)N1CCc2ccccc21.